The van der Waals surface area contributed by atoms with Gasteiger partial charge >= 0.3 is 5.97 Å². The second-order valence-electron chi connectivity index (χ2n) is 10.2. The van der Waals surface area contributed by atoms with Gasteiger partial charge in [0, 0.05) is 6.04 Å². The highest BCUT2D eigenvalue weighted by Gasteiger charge is 2.44. The zero-order valence-corrected chi connectivity index (χ0v) is 18.3. The van der Waals surface area contributed by atoms with Gasteiger partial charge in [0.05, 0.1) is 12.7 Å². The fraction of sp³-hybridized carbons (Fsp3) is 0.958. The van der Waals surface area contributed by atoms with E-state index in [1.807, 2.05) is 0 Å². The van der Waals surface area contributed by atoms with Crippen LogP contribution < -0.4 is 10.6 Å². The molecule has 2 saturated carbocycles. The molecule has 0 aromatic heterocycles. The van der Waals surface area contributed by atoms with Crippen molar-refractivity contribution >= 4 is 5.97 Å². The lowest BCUT2D eigenvalue weighted by Gasteiger charge is -2.51. The van der Waals surface area contributed by atoms with E-state index in [1.54, 1.807) is 0 Å². The summed E-state index contributed by atoms with van der Waals surface area (Å²) in [6.45, 7) is 4.78. The van der Waals surface area contributed by atoms with Gasteiger partial charge in [0.2, 0.25) is 0 Å². The van der Waals surface area contributed by atoms with E-state index >= 15 is 0 Å². The van der Waals surface area contributed by atoms with Gasteiger partial charge in [0.1, 0.15) is 0 Å². The molecule has 3 fully saturated rings. The monoisotopic (exact) mass is 392 g/mol. The third-order valence-corrected chi connectivity index (χ3v) is 8.11. The largest absolute Gasteiger partial charge is 0.480 e. The van der Waals surface area contributed by atoms with Crippen molar-refractivity contribution in [2.45, 2.75) is 110 Å². The average molecular weight is 393 g/mol. The van der Waals surface area contributed by atoms with Crippen LogP contribution in [0.4, 0.5) is 0 Å². The number of fused-ring (bicyclic) bond motifs is 1. The Morgan fingerprint density at radius 1 is 1.00 bits per heavy atom. The molecule has 2 aliphatic carbocycles. The summed E-state index contributed by atoms with van der Waals surface area (Å²) >= 11 is 0. The molecule has 3 rings (SSSR count). The highest BCUT2D eigenvalue weighted by molar-refractivity contribution is 5.69. The summed E-state index contributed by atoms with van der Waals surface area (Å²) in [7, 11) is 0. The molecule has 28 heavy (non-hydrogen) atoms. The number of aliphatic carboxylic acids is 1. The van der Waals surface area contributed by atoms with Crippen molar-refractivity contribution in [3.05, 3.63) is 0 Å². The lowest BCUT2D eigenvalue weighted by molar-refractivity contribution is -0.136. The van der Waals surface area contributed by atoms with E-state index in [1.165, 1.54) is 77.0 Å². The van der Waals surface area contributed by atoms with Crippen molar-refractivity contribution < 1.29 is 9.90 Å². The van der Waals surface area contributed by atoms with Gasteiger partial charge in [-0.1, -0.05) is 58.8 Å². The molecule has 4 heteroatoms. The zero-order chi connectivity index (χ0) is 19.9. The molecule has 3 N–H and O–H groups in total. The van der Waals surface area contributed by atoms with E-state index in [0.717, 1.165) is 36.0 Å². The number of carboxylic acid groups (broad SMARTS) is 1. The van der Waals surface area contributed by atoms with E-state index in [0.29, 0.717) is 6.04 Å². The first-order valence-electron chi connectivity index (χ1n) is 12.3. The second-order valence-corrected chi connectivity index (χ2v) is 10.2. The third kappa shape index (κ3) is 6.19. The standard InChI is InChI=1S/C24H44N2O2/c1-3-4-5-6-7-18-10-13-22-21(14-18)20(19-11-8-17(2)9-12-19)15-23(26-22)25-16-24(27)28/h17-23,25-26H,3-16H2,1-2H3,(H,27,28). The van der Waals surface area contributed by atoms with Crippen LogP contribution in [-0.4, -0.2) is 29.8 Å². The van der Waals surface area contributed by atoms with E-state index in [4.69, 9.17) is 5.11 Å². The fourth-order valence-electron chi connectivity index (χ4n) is 6.48. The number of carboxylic acids is 1. The number of piperidine rings is 1. The van der Waals surface area contributed by atoms with Crippen molar-refractivity contribution in [2.75, 3.05) is 6.54 Å². The van der Waals surface area contributed by atoms with E-state index in [9.17, 15) is 4.79 Å². The minimum Gasteiger partial charge on any atom is -0.480 e. The predicted molar refractivity (Wildman–Crippen MR) is 115 cm³/mol. The van der Waals surface area contributed by atoms with Crippen molar-refractivity contribution in [1.82, 2.24) is 10.6 Å². The van der Waals surface area contributed by atoms with Crippen LogP contribution in [-0.2, 0) is 4.79 Å². The molecule has 4 nitrogen and oxygen atoms in total. The summed E-state index contributed by atoms with van der Waals surface area (Å²) in [5, 5.41) is 16.2. The molecule has 3 aliphatic rings. The molecule has 0 bridgehead atoms. The summed E-state index contributed by atoms with van der Waals surface area (Å²) in [6, 6.07) is 0.594. The number of rotatable bonds is 9. The average Bonchev–Trinajstić information content (AvgIpc) is 2.70. The Balaban J connectivity index is 1.61. The number of carbonyl (C=O) groups is 1. The first kappa shape index (κ1) is 22.1. The topological polar surface area (TPSA) is 61.4 Å². The number of hydrogen-bond donors (Lipinski definition) is 3. The van der Waals surface area contributed by atoms with Crippen molar-refractivity contribution in [3.63, 3.8) is 0 Å². The molecule has 0 aromatic rings. The normalized spacial score (nSPS) is 38.7. The minimum atomic E-state index is -0.747. The maximum atomic E-state index is 11.0. The summed E-state index contributed by atoms with van der Waals surface area (Å²) < 4.78 is 0. The van der Waals surface area contributed by atoms with Gasteiger partial charge < -0.3 is 5.11 Å². The molecule has 0 amide bonds. The molecule has 5 unspecified atom stereocenters. The van der Waals surface area contributed by atoms with Gasteiger partial charge in [-0.25, -0.2) is 0 Å². The zero-order valence-electron chi connectivity index (χ0n) is 18.3. The third-order valence-electron chi connectivity index (χ3n) is 8.11. The predicted octanol–water partition coefficient (Wildman–Crippen LogP) is 5.18. The van der Waals surface area contributed by atoms with E-state index in [2.05, 4.69) is 24.5 Å². The first-order chi connectivity index (χ1) is 13.6. The van der Waals surface area contributed by atoms with Gasteiger partial charge in [-0.3, -0.25) is 15.4 Å². The highest BCUT2D eigenvalue weighted by atomic mass is 16.4. The number of hydrogen-bond acceptors (Lipinski definition) is 3. The van der Waals surface area contributed by atoms with Crippen LogP contribution in [0.25, 0.3) is 0 Å². The Bertz CT molecular complexity index is 475. The summed E-state index contributed by atoms with van der Waals surface area (Å²) in [6.07, 6.45) is 17.9. The number of nitrogens with one attached hydrogen (secondary N) is 2. The Hall–Kier alpha value is -0.610. The highest BCUT2D eigenvalue weighted by Crippen LogP contribution is 2.47. The quantitative estimate of drug-likeness (QED) is 0.473. The lowest BCUT2D eigenvalue weighted by Crippen LogP contribution is -2.60. The van der Waals surface area contributed by atoms with Gasteiger partial charge in [0.15, 0.2) is 0 Å². The Morgan fingerprint density at radius 2 is 1.79 bits per heavy atom. The Morgan fingerprint density at radius 3 is 2.50 bits per heavy atom. The molecule has 1 saturated heterocycles. The molecular formula is C24H44N2O2. The molecule has 1 aliphatic heterocycles. The molecule has 0 radical (unpaired) electrons. The second kappa shape index (κ2) is 11.0. The Labute approximate surface area is 172 Å². The van der Waals surface area contributed by atoms with Crippen molar-refractivity contribution in [1.29, 1.82) is 0 Å². The van der Waals surface area contributed by atoms with Crippen LogP contribution in [0, 0.1) is 29.6 Å². The number of unbranched alkanes of at least 4 members (excludes halogenated alkanes) is 3. The van der Waals surface area contributed by atoms with Crippen LogP contribution in [0.3, 0.4) is 0 Å². The summed E-state index contributed by atoms with van der Waals surface area (Å²) in [5.41, 5.74) is 0. The van der Waals surface area contributed by atoms with E-state index < -0.39 is 5.97 Å². The maximum Gasteiger partial charge on any atom is 0.317 e. The van der Waals surface area contributed by atoms with E-state index in [-0.39, 0.29) is 12.7 Å². The first-order valence-corrected chi connectivity index (χ1v) is 12.3. The Kier molecular flexibility index (Phi) is 8.65. The van der Waals surface area contributed by atoms with Crippen molar-refractivity contribution in [2.24, 2.45) is 29.6 Å². The molecule has 1 heterocycles. The van der Waals surface area contributed by atoms with Crippen LogP contribution >= 0.6 is 0 Å². The molecule has 0 spiro atoms. The smallest absolute Gasteiger partial charge is 0.317 e. The van der Waals surface area contributed by atoms with Crippen LogP contribution in [0.15, 0.2) is 0 Å². The SMILES string of the molecule is CCCCCCC1CCC2NC(NCC(=O)O)CC(C3CCC(C)CC3)C2C1. The molecule has 162 valence electrons. The van der Waals surface area contributed by atoms with Gasteiger partial charge in [-0.2, -0.15) is 0 Å². The minimum absolute atomic E-state index is 0.0729. The molecule has 0 aromatic carbocycles. The van der Waals surface area contributed by atoms with Crippen LogP contribution in [0.2, 0.25) is 0 Å². The summed E-state index contributed by atoms with van der Waals surface area (Å²) in [5.74, 6) is 3.53. The maximum absolute atomic E-state index is 11.0. The van der Waals surface area contributed by atoms with Gasteiger partial charge in [-0.15, -0.1) is 0 Å². The lowest BCUT2D eigenvalue weighted by atomic mass is 9.61. The molecule has 5 atom stereocenters. The van der Waals surface area contributed by atoms with Gasteiger partial charge in [-0.05, 0) is 68.1 Å². The fourth-order valence-corrected chi connectivity index (χ4v) is 6.48. The summed E-state index contributed by atoms with van der Waals surface area (Å²) in [4.78, 5) is 11.0. The van der Waals surface area contributed by atoms with Crippen LogP contribution in [0.5, 0.6) is 0 Å². The molecular weight excluding hydrogens is 348 g/mol. The van der Waals surface area contributed by atoms with Crippen LogP contribution in [0.1, 0.15) is 97.3 Å². The van der Waals surface area contributed by atoms with Crippen molar-refractivity contribution in [3.8, 4) is 0 Å². The van der Waals surface area contributed by atoms with Gasteiger partial charge in [0.25, 0.3) is 0 Å².